The molecule has 1 amide bonds. The molecule has 0 spiro atoms. The van der Waals surface area contributed by atoms with Crippen LogP contribution >= 0.6 is 0 Å². The Labute approximate surface area is 201 Å². The number of anilines is 3. The summed E-state index contributed by atoms with van der Waals surface area (Å²) in [6.07, 6.45) is 6.08. The van der Waals surface area contributed by atoms with Crippen LogP contribution in [0.2, 0.25) is 0 Å². The Balaban J connectivity index is 1.63. The fourth-order valence-electron chi connectivity index (χ4n) is 4.51. The van der Waals surface area contributed by atoms with E-state index in [-0.39, 0.29) is 11.9 Å². The molecule has 178 valence electrons. The predicted octanol–water partition coefficient (Wildman–Crippen LogP) is 3.71. The van der Waals surface area contributed by atoms with Crippen LogP contribution in [0.3, 0.4) is 0 Å². The number of nitrogens with zero attached hydrogens (tertiary/aromatic N) is 6. The van der Waals surface area contributed by atoms with Gasteiger partial charge in [-0.3, -0.25) is 9.78 Å². The summed E-state index contributed by atoms with van der Waals surface area (Å²) in [6.45, 7) is 8.20. The van der Waals surface area contributed by atoms with E-state index in [0.717, 1.165) is 41.4 Å². The number of carbonyl (C=O) groups is 1. The Hall–Kier alpha value is -3.44. The third kappa shape index (κ3) is 4.90. The lowest BCUT2D eigenvalue weighted by atomic mass is 10.1. The summed E-state index contributed by atoms with van der Waals surface area (Å²) in [6, 6.07) is 8.29. The smallest absolute Gasteiger partial charge is 0.225 e. The van der Waals surface area contributed by atoms with Crippen molar-refractivity contribution in [2.24, 2.45) is 0 Å². The van der Waals surface area contributed by atoms with Crippen molar-refractivity contribution in [3.05, 3.63) is 47.9 Å². The minimum Gasteiger partial charge on any atom is -0.384 e. The third-order valence-electron chi connectivity index (χ3n) is 6.59. The maximum Gasteiger partial charge on any atom is 0.225 e. The van der Waals surface area contributed by atoms with Crippen LogP contribution in [0.25, 0.3) is 6.08 Å². The Morgan fingerprint density at radius 3 is 2.82 bits per heavy atom. The minimum atomic E-state index is 0.0346. The number of hydrogen-bond donors (Lipinski definition) is 0. The molecule has 1 aliphatic heterocycles. The highest BCUT2D eigenvalue weighted by Gasteiger charge is 2.33. The number of ether oxygens (including phenoxy) is 1. The maximum absolute atomic E-state index is 12.5. The number of pyridine rings is 2. The van der Waals surface area contributed by atoms with E-state index in [1.807, 2.05) is 37.1 Å². The van der Waals surface area contributed by atoms with Gasteiger partial charge < -0.3 is 19.4 Å². The van der Waals surface area contributed by atoms with Gasteiger partial charge in [-0.15, -0.1) is 0 Å². The van der Waals surface area contributed by atoms with Crippen molar-refractivity contribution < 1.29 is 9.53 Å². The lowest BCUT2D eigenvalue weighted by Gasteiger charge is -2.41. The fraction of sp³-hybridized carbons (Fsp3) is 0.462. The summed E-state index contributed by atoms with van der Waals surface area (Å²) in [5, 5.41) is 10.0. The molecule has 2 fully saturated rings. The zero-order chi connectivity index (χ0) is 24.2. The average molecular weight is 461 g/mol. The molecule has 2 aliphatic rings. The first-order chi connectivity index (χ1) is 16.5. The van der Waals surface area contributed by atoms with E-state index in [9.17, 15) is 10.1 Å². The largest absolute Gasteiger partial charge is 0.384 e. The maximum atomic E-state index is 12.5. The van der Waals surface area contributed by atoms with Gasteiger partial charge in [0, 0.05) is 57.6 Å². The summed E-state index contributed by atoms with van der Waals surface area (Å²) in [7, 11) is 3.60. The van der Waals surface area contributed by atoms with Crippen LogP contribution in [0.15, 0.2) is 31.0 Å². The molecule has 1 saturated carbocycles. The monoisotopic (exact) mass is 460 g/mol. The molecule has 0 radical (unpaired) electrons. The van der Waals surface area contributed by atoms with Crippen LogP contribution in [0.1, 0.15) is 49.1 Å². The van der Waals surface area contributed by atoms with Crippen LogP contribution in [0.4, 0.5) is 17.2 Å². The SMILES string of the molecule is C=Cc1cc(N(C)c2cc(C#N)c(N3CCN(C(=O)CCOC)[C@H](C)C3)nc2C2CC2)ccn1. The second-order valence-electron chi connectivity index (χ2n) is 8.98. The molecule has 2 aromatic heterocycles. The Bertz CT molecular complexity index is 1110. The molecule has 1 atom stereocenters. The number of piperazine rings is 1. The van der Waals surface area contributed by atoms with Gasteiger partial charge >= 0.3 is 0 Å². The number of rotatable bonds is 8. The van der Waals surface area contributed by atoms with Crippen molar-refractivity contribution in [1.29, 1.82) is 5.26 Å². The highest BCUT2D eigenvalue weighted by atomic mass is 16.5. The molecule has 1 aliphatic carbocycles. The zero-order valence-corrected chi connectivity index (χ0v) is 20.2. The molecule has 8 nitrogen and oxygen atoms in total. The van der Waals surface area contributed by atoms with Gasteiger partial charge in [0.25, 0.3) is 0 Å². The lowest BCUT2D eigenvalue weighted by Crippen LogP contribution is -2.54. The number of nitriles is 1. The number of carbonyl (C=O) groups excluding carboxylic acids is 1. The first-order valence-electron chi connectivity index (χ1n) is 11.8. The molecule has 1 saturated heterocycles. The number of aromatic nitrogens is 2. The first kappa shape index (κ1) is 23.7. The minimum absolute atomic E-state index is 0.0346. The normalized spacial score (nSPS) is 17.9. The van der Waals surface area contributed by atoms with Crippen LogP contribution in [-0.4, -0.2) is 67.2 Å². The number of amides is 1. The van der Waals surface area contributed by atoms with E-state index in [1.54, 1.807) is 19.4 Å². The molecule has 3 heterocycles. The number of methoxy groups -OCH3 is 1. The molecular weight excluding hydrogens is 428 g/mol. The molecular formula is C26H32N6O2. The van der Waals surface area contributed by atoms with Gasteiger partial charge in [0.15, 0.2) is 0 Å². The molecule has 0 N–H and O–H groups in total. The lowest BCUT2D eigenvalue weighted by molar-refractivity contribution is -0.134. The van der Waals surface area contributed by atoms with Gasteiger partial charge in [0.05, 0.1) is 35.7 Å². The van der Waals surface area contributed by atoms with E-state index in [4.69, 9.17) is 9.72 Å². The highest BCUT2D eigenvalue weighted by molar-refractivity contribution is 5.77. The topological polar surface area (TPSA) is 85.6 Å². The van der Waals surface area contributed by atoms with Gasteiger partial charge in [-0.05, 0) is 44.0 Å². The summed E-state index contributed by atoms with van der Waals surface area (Å²) in [5.41, 5.74) is 4.30. The van der Waals surface area contributed by atoms with Crippen molar-refractivity contribution in [2.45, 2.75) is 38.1 Å². The van der Waals surface area contributed by atoms with E-state index >= 15 is 0 Å². The van der Waals surface area contributed by atoms with E-state index in [1.165, 1.54) is 0 Å². The molecule has 0 aromatic carbocycles. The Morgan fingerprint density at radius 2 is 2.18 bits per heavy atom. The summed E-state index contributed by atoms with van der Waals surface area (Å²) >= 11 is 0. The van der Waals surface area contributed by atoms with Gasteiger partial charge in [-0.25, -0.2) is 4.98 Å². The fourth-order valence-corrected chi connectivity index (χ4v) is 4.51. The van der Waals surface area contributed by atoms with E-state index in [2.05, 4.69) is 27.4 Å². The van der Waals surface area contributed by atoms with Crippen molar-refractivity contribution in [3.8, 4) is 6.07 Å². The van der Waals surface area contributed by atoms with E-state index < -0.39 is 0 Å². The second kappa shape index (κ2) is 10.2. The van der Waals surface area contributed by atoms with Crippen LogP contribution in [0.5, 0.6) is 0 Å². The van der Waals surface area contributed by atoms with Crippen molar-refractivity contribution >= 4 is 29.2 Å². The van der Waals surface area contributed by atoms with Gasteiger partial charge in [-0.2, -0.15) is 5.26 Å². The predicted molar refractivity (Wildman–Crippen MR) is 133 cm³/mol. The quantitative estimate of drug-likeness (QED) is 0.594. The number of hydrogen-bond acceptors (Lipinski definition) is 7. The van der Waals surface area contributed by atoms with Crippen molar-refractivity contribution in [1.82, 2.24) is 14.9 Å². The van der Waals surface area contributed by atoms with Gasteiger partial charge in [0.1, 0.15) is 11.9 Å². The Kier molecular flexibility index (Phi) is 7.13. The van der Waals surface area contributed by atoms with Crippen LogP contribution in [-0.2, 0) is 9.53 Å². The van der Waals surface area contributed by atoms with Crippen molar-refractivity contribution in [3.63, 3.8) is 0 Å². The van der Waals surface area contributed by atoms with Crippen LogP contribution in [0, 0.1) is 11.3 Å². The summed E-state index contributed by atoms with van der Waals surface area (Å²) in [5.74, 6) is 1.23. The molecule has 4 rings (SSSR count). The second-order valence-corrected chi connectivity index (χ2v) is 8.98. The Morgan fingerprint density at radius 1 is 1.38 bits per heavy atom. The first-order valence-corrected chi connectivity index (χ1v) is 11.8. The van der Waals surface area contributed by atoms with Crippen molar-refractivity contribution in [2.75, 3.05) is 50.2 Å². The standard InChI is InChI=1S/C26H32N6O2/c1-5-21-15-22(8-10-28-21)30(3)23-14-20(16-27)26(29-25(23)19-6-7-19)31-11-12-32(18(2)17-31)24(33)9-13-34-4/h5,8,10,14-15,18-19H,1,6-7,9,11-13,17H2,2-4H3/t18-/m1/s1. The molecule has 34 heavy (non-hydrogen) atoms. The van der Waals surface area contributed by atoms with E-state index in [0.29, 0.717) is 44.1 Å². The average Bonchev–Trinajstić information content (AvgIpc) is 3.71. The molecule has 2 aromatic rings. The van der Waals surface area contributed by atoms with Gasteiger partial charge in [-0.1, -0.05) is 6.58 Å². The molecule has 0 bridgehead atoms. The summed E-state index contributed by atoms with van der Waals surface area (Å²) < 4.78 is 5.06. The summed E-state index contributed by atoms with van der Waals surface area (Å²) in [4.78, 5) is 28.0. The molecule has 8 heteroatoms. The van der Waals surface area contributed by atoms with Crippen LogP contribution < -0.4 is 9.80 Å². The zero-order valence-electron chi connectivity index (χ0n) is 20.2. The van der Waals surface area contributed by atoms with Gasteiger partial charge in [0.2, 0.25) is 5.91 Å². The third-order valence-corrected chi connectivity index (χ3v) is 6.59. The highest BCUT2D eigenvalue weighted by Crippen LogP contribution is 2.46. The molecule has 0 unspecified atom stereocenters.